The molecule has 0 spiro atoms. The van der Waals surface area contributed by atoms with Gasteiger partial charge in [-0.3, -0.25) is 9.59 Å². The molecule has 0 saturated heterocycles. The van der Waals surface area contributed by atoms with Crippen molar-refractivity contribution in [1.29, 1.82) is 5.26 Å². The number of aryl methyl sites for hydroxylation is 1. The maximum atomic E-state index is 13.8. The van der Waals surface area contributed by atoms with Crippen LogP contribution in [0, 0.1) is 18.3 Å². The second kappa shape index (κ2) is 12.1. The predicted octanol–water partition coefficient (Wildman–Crippen LogP) is 6.99. The number of anilines is 1. The topological polar surface area (TPSA) is 156 Å². The molecule has 3 aromatic heterocycles. The second-order valence-electron chi connectivity index (χ2n) is 10.5. The van der Waals surface area contributed by atoms with Crippen LogP contribution >= 0.6 is 21.8 Å². The van der Waals surface area contributed by atoms with Crippen LogP contribution in [0.2, 0.25) is 5.02 Å². The molecular formula is C28H19ClF8N10O2S. The number of halogens is 9. The van der Waals surface area contributed by atoms with Gasteiger partial charge in [0.25, 0.3) is 17.6 Å². The fraction of sp³-hybridized carbons (Fsp3) is 0.143. The van der Waals surface area contributed by atoms with Gasteiger partial charge < -0.3 is 10.6 Å². The van der Waals surface area contributed by atoms with Gasteiger partial charge in [0.05, 0.1) is 33.6 Å². The van der Waals surface area contributed by atoms with Gasteiger partial charge >= 0.3 is 16.4 Å². The number of alkyl halides is 3. The number of hydrogen-bond acceptors (Lipinski definition) is 8. The van der Waals surface area contributed by atoms with Crippen molar-refractivity contribution in [2.75, 3.05) is 5.32 Å². The summed E-state index contributed by atoms with van der Waals surface area (Å²) in [5.74, 6) is -3.55. The Morgan fingerprint density at radius 1 is 1.00 bits per heavy atom. The molecular weight excluding hydrogens is 728 g/mol. The molecule has 262 valence electrons. The van der Waals surface area contributed by atoms with E-state index >= 15 is 0 Å². The van der Waals surface area contributed by atoms with Crippen LogP contribution in [-0.4, -0.2) is 46.8 Å². The van der Waals surface area contributed by atoms with Crippen molar-refractivity contribution in [3.05, 3.63) is 105 Å². The number of hydrogen-bond donors (Lipinski definition) is 2. The molecule has 5 aromatic rings. The molecule has 3 heterocycles. The first-order valence-electron chi connectivity index (χ1n) is 13.6. The van der Waals surface area contributed by atoms with Crippen LogP contribution < -0.4 is 10.6 Å². The van der Waals surface area contributed by atoms with E-state index in [0.717, 1.165) is 28.9 Å². The van der Waals surface area contributed by atoms with Crippen LogP contribution in [0.15, 0.2) is 65.7 Å². The van der Waals surface area contributed by atoms with Crippen LogP contribution in [0.1, 0.15) is 49.1 Å². The smallest absolute Gasteiger partial charge is 0.348 e. The van der Waals surface area contributed by atoms with Crippen molar-refractivity contribution in [1.82, 2.24) is 40.3 Å². The Morgan fingerprint density at radius 2 is 1.74 bits per heavy atom. The summed E-state index contributed by atoms with van der Waals surface area (Å²) < 4.78 is 107. The lowest BCUT2D eigenvalue weighted by molar-refractivity contribution is -0.145. The van der Waals surface area contributed by atoms with E-state index in [1.54, 1.807) is 0 Å². The molecule has 12 nitrogen and oxygen atoms in total. The van der Waals surface area contributed by atoms with Gasteiger partial charge in [-0.1, -0.05) is 43.2 Å². The highest BCUT2D eigenvalue weighted by atomic mass is 35.5. The Labute approximate surface area is 280 Å². The monoisotopic (exact) mass is 746 g/mol. The fourth-order valence-corrected chi connectivity index (χ4v) is 5.39. The second-order valence-corrected chi connectivity index (χ2v) is 13.3. The summed E-state index contributed by atoms with van der Waals surface area (Å²) in [6.45, 7) is 0.288. The first-order valence-corrected chi connectivity index (χ1v) is 16.0. The quantitative estimate of drug-likeness (QED) is 0.153. The van der Waals surface area contributed by atoms with E-state index in [0.29, 0.717) is 4.80 Å². The molecule has 0 unspecified atom stereocenters. The maximum absolute atomic E-state index is 13.8. The molecule has 0 bridgehead atoms. The lowest BCUT2D eigenvalue weighted by Gasteiger charge is -2.40. The van der Waals surface area contributed by atoms with Gasteiger partial charge in [0, 0.05) is 12.7 Å². The van der Waals surface area contributed by atoms with Gasteiger partial charge in [0.1, 0.15) is 17.1 Å². The van der Waals surface area contributed by atoms with E-state index in [1.165, 1.54) is 31.3 Å². The molecule has 0 atom stereocenters. The van der Waals surface area contributed by atoms with Crippen LogP contribution in [0.25, 0.3) is 5.82 Å². The number of nitrogens with zero attached hydrogens (tertiary/aromatic N) is 8. The number of nitriles is 1. The Hall–Kier alpha value is -5.62. The highest BCUT2D eigenvalue weighted by Crippen LogP contribution is 3.02. The minimum atomic E-state index is -10.0. The standard InChI is InChI=1S/C28H19ClF8N10O2S/c1-15-8-17(12-38)10-20(25(48)40-13-16-4-2-5-19(9-16)50(33,34,35,36)37)23(15)41-26(49)22-11-18(14-46-44-27(42-45-46)28(30,31)32)43-47(22)24-21(29)6-3-7-39-24/h2-11H,13-14H2,1H3,(H,40,48)(H,41,49). The minimum Gasteiger partial charge on any atom is -0.348 e. The lowest BCUT2D eigenvalue weighted by Crippen LogP contribution is -2.26. The number of benzene rings is 2. The summed E-state index contributed by atoms with van der Waals surface area (Å²) in [6, 6.07) is 10.5. The lowest BCUT2D eigenvalue weighted by atomic mass is 10.0. The molecule has 22 heteroatoms. The zero-order valence-corrected chi connectivity index (χ0v) is 26.5. The van der Waals surface area contributed by atoms with Crippen LogP contribution in [0.4, 0.5) is 38.3 Å². The normalized spacial score (nSPS) is 13.2. The van der Waals surface area contributed by atoms with Crippen molar-refractivity contribution >= 4 is 39.3 Å². The van der Waals surface area contributed by atoms with E-state index in [1.807, 2.05) is 6.07 Å². The highest BCUT2D eigenvalue weighted by molar-refractivity contribution is 8.45. The molecule has 0 saturated carbocycles. The van der Waals surface area contributed by atoms with E-state index in [2.05, 4.69) is 36.1 Å². The summed E-state index contributed by atoms with van der Waals surface area (Å²) in [4.78, 5) is 29.6. The van der Waals surface area contributed by atoms with E-state index in [9.17, 15) is 47.5 Å². The Morgan fingerprint density at radius 3 is 2.38 bits per heavy atom. The first kappa shape index (κ1) is 35.7. The number of tetrazole rings is 1. The molecule has 2 aromatic carbocycles. The largest absolute Gasteiger partial charge is 0.455 e. The van der Waals surface area contributed by atoms with Gasteiger partial charge in [-0.05, 0) is 65.7 Å². The third-order valence-electron chi connectivity index (χ3n) is 6.69. The SMILES string of the molecule is Cc1cc(C#N)cc(C(=O)NCc2cccc(S(F)(F)(F)(F)F)c2)c1NC(=O)c1cc(Cn2nnc(C(F)(F)F)n2)nn1-c1ncccc1Cl. The van der Waals surface area contributed by atoms with Gasteiger partial charge in [-0.2, -0.15) is 28.3 Å². The number of pyridine rings is 1. The molecule has 2 N–H and O–H groups in total. The van der Waals surface area contributed by atoms with Crippen LogP contribution in [0.5, 0.6) is 0 Å². The zero-order chi connectivity index (χ0) is 36.7. The van der Waals surface area contributed by atoms with Gasteiger partial charge in [-0.25, -0.2) is 9.67 Å². The molecule has 0 aliphatic heterocycles. The van der Waals surface area contributed by atoms with Crippen LogP contribution in [-0.2, 0) is 19.3 Å². The molecule has 0 radical (unpaired) electrons. The van der Waals surface area contributed by atoms with E-state index < -0.39 is 52.0 Å². The maximum Gasteiger partial charge on any atom is 0.455 e. The molecule has 50 heavy (non-hydrogen) atoms. The van der Waals surface area contributed by atoms with Crippen LogP contribution in [0.3, 0.4) is 0 Å². The van der Waals surface area contributed by atoms with Crippen molar-refractivity contribution in [2.24, 2.45) is 0 Å². The first-order chi connectivity index (χ1) is 23.1. The average Bonchev–Trinajstić information content (AvgIpc) is 3.68. The van der Waals surface area contributed by atoms with Crippen molar-refractivity contribution in [3.63, 3.8) is 0 Å². The fourth-order valence-electron chi connectivity index (χ4n) is 4.48. The molecule has 2 amide bonds. The third-order valence-corrected chi connectivity index (χ3v) is 8.13. The zero-order valence-electron chi connectivity index (χ0n) is 24.9. The number of rotatable bonds is 9. The summed E-state index contributed by atoms with van der Waals surface area (Å²) in [5.41, 5.74) is -1.02. The minimum absolute atomic E-state index is 0.0123. The Bertz CT molecular complexity index is 2200. The molecule has 5 rings (SSSR count). The van der Waals surface area contributed by atoms with Crippen molar-refractivity contribution in [2.45, 2.75) is 31.1 Å². The summed E-state index contributed by atoms with van der Waals surface area (Å²) >= 11 is 6.27. The highest BCUT2D eigenvalue weighted by Gasteiger charge is 2.65. The van der Waals surface area contributed by atoms with Gasteiger partial charge in [-0.15, -0.1) is 10.2 Å². The Kier molecular flexibility index (Phi) is 8.61. The number of amides is 2. The van der Waals surface area contributed by atoms with Gasteiger partial charge in [0.2, 0.25) is 0 Å². The summed E-state index contributed by atoms with van der Waals surface area (Å²) in [6.07, 6.45) is -3.56. The van der Waals surface area contributed by atoms with Crippen molar-refractivity contribution in [3.8, 4) is 11.9 Å². The predicted molar refractivity (Wildman–Crippen MR) is 161 cm³/mol. The third kappa shape index (κ3) is 7.98. The summed E-state index contributed by atoms with van der Waals surface area (Å²) in [5, 5.41) is 28.1. The molecule has 0 aliphatic rings. The number of carbonyl (C=O) groups excluding carboxylic acids is 2. The van der Waals surface area contributed by atoms with Gasteiger partial charge in [0.15, 0.2) is 5.82 Å². The number of carbonyl (C=O) groups is 2. The summed E-state index contributed by atoms with van der Waals surface area (Å²) in [7, 11) is -10.0. The van der Waals surface area contributed by atoms with E-state index in [-0.39, 0.29) is 62.3 Å². The average molecular weight is 747 g/mol. The molecule has 0 aliphatic carbocycles. The van der Waals surface area contributed by atoms with E-state index in [4.69, 9.17) is 11.6 Å². The molecule has 0 fully saturated rings. The Balaban J connectivity index is 1.47. The number of nitrogens with one attached hydrogen (secondary N) is 2. The number of aromatic nitrogens is 7. The van der Waals surface area contributed by atoms with Crippen molar-refractivity contribution < 1.29 is 42.2 Å².